The molecule has 0 radical (unpaired) electrons. The first kappa shape index (κ1) is 19.9. The maximum atomic E-state index is 4.37. The molecule has 150 valence electrons. The fraction of sp³-hybridized carbons (Fsp3) is 0.0870. The van der Waals surface area contributed by atoms with Crippen LogP contribution in [0, 0.1) is 6.92 Å². The van der Waals surface area contributed by atoms with Crippen LogP contribution < -0.4 is 15.4 Å². The van der Waals surface area contributed by atoms with E-state index in [1.165, 1.54) is 0 Å². The number of rotatable bonds is 7. The zero-order valence-corrected chi connectivity index (χ0v) is 17.6. The molecule has 0 saturated heterocycles. The number of aromatic nitrogens is 3. The summed E-state index contributed by atoms with van der Waals surface area (Å²) in [6, 6.07) is 20.4. The molecular formula is C23H22N6S. The van der Waals surface area contributed by atoms with Gasteiger partial charge >= 0.3 is 0 Å². The van der Waals surface area contributed by atoms with Gasteiger partial charge in [-0.15, -0.1) is 0 Å². The largest absolute Gasteiger partial charge is 0.340 e. The Morgan fingerprint density at radius 3 is 2.40 bits per heavy atom. The zero-order valence-electron chi connectivity index (χ0n) is 16.8. The van der Waals surface area contributed by atoms with E-state index in [1.54, 1.807) is 24.5 Å². The Bertz CT molecular complexity index is 1130. The summed E-state index contributed by atoms with van der Waals surface area (Å²) < 4.78 is 3.08. The maximum absolute atomic E-state index is 4.37. The number of aryl methyl sites for hydroxylation is 1. The summed E-state index contributed by atoms with van der Waals surface area (Å²) in [7, 11) is 1.90. The molecule has 0 bridgehead atoms. The van der Waals surface area contributed by atoms with E-state index in [0.717, 1.165) is 44.6 Å². The third-order valence-electron chi connectivity index (χ3n) is 4.34. The second kappa shape index (κ2) is 9.39. The van der Waals surface area contributed by atoms with Crippen LogP contribution in [0.15, 0.2) is 84.3 Å². The van der Waals surface area contributed by atoms with E-state index in [-0.39, 0.29) is 0 Å². The zero-order chi connectivity index (χ0) is 20.8. The Balaban J connectivity index is 1.54. The number of hydrogen-bond acceptors (Lipinski definition) is 7. The molecule has 30 heavy (non-hydrogen) atoms. The van der Waals surface area contributed by atoms with Crippen LogP contribution in [0.3, 0.4) is 0 Å². The first-order valence-corrected chi connectivity index (χ1v) is 10.3. The van der Waals surface area contributed by atoms with Gasteiger partial charge in [0.05, 0.1) is 0 Å². The average Bonchev–Trinajstić information content (AvgIpc) is 2.75. The van der Waals surface area contributed by atoms with Gasteiger partial charge in [-0.3, -0.25) is 9.71 Å². The Kier molecular flexibility index (Phi) is 6.22. The van der Waals surface area contributed by atoms with Gasteiger partial charge in [-0.05, 0) is 73.4 Å². The van der Waals surface area contributed by atoms with Gasteiger partial charge < -0.3 is 10.6 Å². The lowest BCUT2D eigenvalue weighted by molar-refractivity contribution is 1.16. The molecule has 0 aliphatic heterocycles. The minimum Gasteiger partial charge on any atom is -0.340 e. The van der Waals surface area contributed by atoms with Crippen molar-refractivity contribution in [3.05, 3.63) is 84.9 Å². The number of nitrogens with one attached hydrogen (secondary N) is 3. The van der Waals surface area contributed by atoms with Gasteiger partial charge in [-0.1, -0.05) is 18.2 Å². The van der Waals surface area contributed by atoms with Crippen LogP contribution in [0.2, 0.25) is 0 Å². The van der Waals surface area contributed by atoms with Crippen LogP contribution in [0.25, 0.3) is 11.1 Å². The standard InChI is InChI=1S/C23H22N6S/c1-16-9-18(17-5-4-8-25-14-17)11-20(10-16)29-23-13-22(26-15-27-23)28-19-6-3-7-21(12-19)30-24-2/h3-15,24H,1-2H3,(H2,26,27,28,29). The summed E-state index contributed by atoms with van der Waals surface area (Å²) in [5, 5.41) is 6.72. The topological polar surface area (TPSA) is 74.8 Å². The van der Waals surface area contributed by atoms with E-state index >= 15 is 0 Å². The van der Waals surface area contributed by atoms with E-state index in [0.29, 0.717) is 0 Å². The van der Waals surface area contributed by atoms with E-state index in [4.69, 9.17) is 0 Å². The van der Waals surface area contributed by atoms with Crippen LogP contribution in [0.4, 0.5) is 23.0 Å². The predicted molar refractivity (Wildman–Crippen MR) is 124 cm³/mol. The smallest absolute Gasteiger partial charge is 0.135 e. The molecular weight excluding hydrogens is 392 g/mol. The molecule has 7 heteroatoms. The molecule has 0 amide bonds. The summed E-state index contributed by atoms with van der Waals surface area (Å²) in [6.45, 7) is 2.08. The number of hydrogen-bond donors (Lipinski definition) is 3. The van der Waals surface area contributed by atoms with E-state index < -0.39 is 0 Å². The molecule has 0 aliphatic carbocycles. The molecule has 0 spiro atoms. The van der Waals surface area contributed by atoms with Crippen LogP contribution in [0.1, 0.15) is 5.56 Å². The Hall–Kier alpha value is -3.42. The molecule has 0 atom stereocenters. The molecule has 4 rings (SSSR count). The van der Waals surface area contributed by atoms with Gasteiger partial charge in [0.1, 0.15) is 18.0 Å². The van der Waals surface area contributed by atoms with E-state index in [9.17, 15) is 0 Å². The summed E-state index contributed by atoms with van der Waals surface area (Å²) in [5.41, 5.74) is 5.27. The van der Waals surface area contributed by atoms with Crippen LogP contribution in [-0.4, -0.2) is 22.0 Å². The van der Waals surface area contributed by atoms with Crippen molar-refractivity contribution < 1.29 is 0 Å². The number of nitrogens with zero attached hydrogens (tertiary/aromatic N) is 3. The van der Waals surface area contributed by atoms with Crippen molar-refractivity contribution in [3.63, 3.8) is 0 Å². The van der Waals surface area contributed by atoms with Crippen molar-refractivity contribution in [2.24, 2.45) is 0 Å². The van der Waals surface area contributed by atoms with Crippen LogP contribution in [0.5, 0.6) is 0 Å². The lowest BCUT2D eigenvalue weighted by atomic mass is 10.0. The Labute approximate surface area is 180 Å². The molecule has 0 fully saturated rings. The highest BCUT2D eigenvalue weighted by atomic mass is 32.2. The molecule has 0 aliphatic rings. The molecule has 0 saturated carbocycles. The summed E-state index contributed by atoms with van der Waals surface area (Å²) in [5.74, 6) is 1.44. The van der Waals surface area contributed by atoms with Crippen molar-refractivity contribution in [2.45, 2.75) is 11.8 Å². The number of anilines is 4. The van der Waals surface area contributed by atoms with Crippen molar-refractivity contribution in [2.75, 3.05) is 17.7 Å². The van der Waals surface area contributed by atoms with Crippen molar-refractivity contribution in [1.29, 1.82) is 0 Å². The predicted octanol–water partition coefficient (Wildman–Crippen LogP) is 5.56. The lowest BCUT2D eigenvalue weighted by Crippen LogP contribution is -1.99. The molecule has 2 heterocycles. The highest BCUT2D eigenvalue weighted by Crippen LogP contribution is 2.27. The van der Waals surface area contributed by atoms with Crippen LogP contribution >= 0.6 is 11.9 Å². The van der Waals surface area contributed by atoms with E-state index in [2.05, 4.69) is 73.6 Å². The monoisotopic (exact) mass is 414 g/mol. The van der Waals surface area contributed by atoms with Gasteiger partial charge in [-0.2, -0.15) is 0 Å². The van der Waals surface area contributed by atoms with Gasteiger partial charge in [0.25, 0.3) is 0 Å². The molecule has 0 unspecified atom stereocenters. The average molecular weight is 415 g/mol. The highest BCUT2D eigenvalue weighted by molar-refractivity contribution is 7.97. The first-order valence-electron chi connectivity index (χ1n) is 9.51. The van der Waals surface area contributed by atoms with Gasteiger partial charge in [0.15, 0.2) is 0 Å². The summed E-state index contributed by atoms with van der Waals surface area (Å²) >= 11 is 1.57. The normalized spacial score (nSPS) is 10.6. The lowest BCUT2D eigenvalue weighted by Gasteiger charge is -2.11. The quantitative estimate of drug-likeness (QED) is 0.342. The molecule has 2 aromatic carbocycles. The second-order valence-electron chi connectivity index (χ2n) is 6.70. The molecule has 6 nitrogen and oxygen atoms in total. The Morgan fingerprint density at radius 1 is 0.800 bits per heavy atom. The first-order chi connectivity index (χ1) is 14.7. The van der Waals surface area contributed by atoms with E-state index in [1.807, 2.05) is 37.5 Å². The maximum Gasteiger partial charge on any atom is 0.135 e. The fourth-order valence-electron chi connectivity index (χ4n) is 3.10. The molecule has 4 aromatic rings. The SMILES string of the molecule is CNSc1cccc(Nc2cc(Nc3cc(C)cc(-c4cccnc4)c3)ncn2)c1. The highest BCUT2D eigenvalue weighted by Gasteiger charge is 2.05. The minimum atomic E-state index is 0.719. The van der Waals surface area contributed by atoms with Crippen LogP contribution in [-0.2, 0) is 0 Å². The molecule has 2 aromatic heterocycles. The summed E-state index contributed by atoms with van der Waals surface area (Å²) in [6.07, 6.45) is 5.20. The fourth-order valence-corrected chi connectivity index (χ4v) is 3.67. The van der Waals surface area contributed by atoms with Crippen molar-refractivity contribution >= 4 is 35.0 Å². The Morgan fingerprint density at radius 2 is 1.63 bits per heavy atom. The summed E-state index contributed by atoms with van der Waals surface area (Å²) in [4.78, 5) is 14.1. The minimum absolute atomic E-state index is 0.719. The van der Waals surface area contributed by atoms with Gasteiger partial charge in [0, 0.05) is 40.3 Å². The van der Waals surface area contributed by atoms with Gasteiger partial charge in [-0.25, -0.2) is 9.97 Å². The number of pyridine rings is 1. The molecule has 3 N–H and O–H groups in total. The third-order valence-corrected chi connectivity index (χ3v) is 5.03. The second-order valence-corrected chi connectivity index (χ2v) is 7.79. The number of benzene rings is 2. The van der Waals surface area contributed by atoms with Crippen molar-refractivity contribution in [3.8, 4) is 11.1 Å². The third kappa shape index (κ3) is 5.14. The van der Waals surface area contributed by atoms with Gasteiger partial charge in [0.2, 0.25) is 0 Å². The van der Waals surface area contributed by atoms with Crippen molar-refractivity contribution in [1.82, 2.24) is 19.7 Å².